The quantitative estimate of drug-likeness (QED) is 0.277. The summed E-state index contributed by atoms with van der Waals surface area (Å²) in [6.07, 6.45) is 0.464. The smallest absolute Gasteiger partial charge is 0.324 e. The fraction of sp³-hybridized carbons (Fsp3) is 0.375. The molecule has 1 aromatic heterocycles. The number of methoxy groups -OCH3 is 1. The molecule has 0 amide bonds. The summed E-state index contributed by atoms with van der Waals surface area (Å²) in [5.74, 6) is -0.313. The number of hydrogen-bond acceptors (Lipinski definition) is 5. The summed E-state index contributed by atoms with van der Waals surface area (Å²) < 4.78 is 4.26. The van der Waals surface area contributed by atoms with Gasteiger partial charge in [0.2, 0.25) is 0 Å². The molecule has 0 aliphatic carbocycles. The number of esters is 1. The van der Waals surface area contributed by atoms with E-state index in [9.17, 15) is 14.9 Å². The highest BCUT2D eigenvalue weighted by Gasteiger charge is 2.18. The third kappa shape index (κ3) is 3.42. The number of nitro groups is 1. The Balaban J connectivity index is 2.65. The Bertz CT molecular complexity index is 378. The molecule has 82 valence electrons. The van der Waals surface area contributed by atoms with Crippen molar-refractivity contribution in [2.24, 2.45) is 0 Å². The summed E-state index contributed by atoms with van der Waals surface area (Å²) in [5.41, 5.74) is 0. The Morgan fingerprint density at radius 3 is 2.87 bits per heavy atom. The van der Waals surface area contributed by atoms with Crippen LogP contribution in [0.3, 0.4) is 0 Å². The number of rotatable bonds is 4. The van der Waals surface area contributed by atoms with Gasteiger partial charge in [0.25, 0.3) is 0 Å². The SMILES string of the molecule is COC(=O)C(I)Cc1ccc([N+](=O)[O-])s1. The van der Waals surface area contributed by atoms with E-state index in [2.05, 4.69) is 4.74 Å². The fourth-order valence-electron chi connectivity index (χ4n) is 0.962. The Morgan fingerprint density at radius 2 is 2.40 bits per heavy atom. The van der Waals surface area contributed by atoms with E-state index in [1.165, 1.54) is 13.2 Å². The van der Waals surface area contributed by atoms with Crippen LogP contribution in [0.2, 0.25) is 0 Å². The standard InChI is InChI=1S/C8H8INO4S/c1-14-8(11)6(9)4-5-2-3-7(15-5)10(12)13/h2-3,6H,4H2,1H3. The number of alkyl halides is 1. The van der Waals surface area contributed by atoms with Crippen molar-refractivity contribution in [3.05, 3.63) is 27.1 Å². The molecule has 1 heterocycles. The molecule has 0 bridgehead atoms. The number of thiophene rings is 1. The van der Waals surface area contributed by atoms with Crippen molar-refractivity contribution >= 4 is 44.9 Å². The molecule has 0 saturated heterocycles. The molecule has 1 rings (SSSR count). The maximum absolute atomic E-state index is 11.1. The highest BCUT2D eigenvalue weighted by molar-refractivity contribution is 14.1. The van der Waals surface area contributed by atoms with Gasteiger partial charge in [0.15, 0.2) is 0 Å². The van der Waals surface area contributed by atoms with Gasteiger partial charge in [0.1, 0.15) is 3.92 Å². The van der Waals surface area contributed by atoms with E-state index in [1.54, 1.807) is 6.07 Å². The van der Waals surface area contributed by atoms with E-state index < -0.39 is 4.92 Å². The highest BCUT2D eigenvalue weighted by Crippen LogP contribution is 2.26. The molecular weight excluding hydrogens is 333 g/mol. The van der Waals surface area contributed by atoms with Gasteiger partial charge in [-0.1, -0.05) is 33.9 Å². The van der Waals surface area contributed by atoms with Crippen molar-refractivity contribution in [2.45, 2.75) is 10.3 Å². The summed E-state index contributed by atoms with van der Waals surface area (Å²) in [7, 11) is 1.32. The maximum Gasteiger partial charge on any atom is 0.324 e. The van der Waals surface area contributed by atoms with Gasteiger partial charge < -0.3 is 4.74 Å². The first-order valence-corrected chi connectivity index (χ1v) is 6.06. The van der Waals surface area contributed by atoms with Crippen molar-refractivity contribution in [3.63, 3.8) is 0 Å². The molecule has 0 radical (unpaired) electrons. The minimum atomic E-state index is -0.436. The third-order valence-electron chi connectivity index (χ3n) is 1.66. The minimum Gasteiger partial charge on any atom is -0.468 e. The van der Waals surface area contributed by atoms with Crippen LogP contribution in [0, 0.1) is 10.1 Å². The Kier molecular flexibility index (Phi) is 4.45. The van der Waals surface area contributed by atoms with Gasteiger partial charge in [0, 0.05) is 17.4 Å². The lowest BCUT2D eigenvalue weighted by Gasteiger charge is -2.04. The predicted molar refractivity (Wildman–Crippen MR) is 64.5 cm³/mol. The second-order valence-electron chi connectivity index (χ2n) is 2.69. The lowest BCUT2D eigenvalue weighted by molar-refractivity contribution is -0.380. The Morgan fingerprint density at radius 1 is 1.73 bits per heavy atom. The van der Waals surface area contributed by atoms with Crippen molar-refractivity contribution in [3.8, 4) is 0 Å². The fourth-order valence-corrected chi connectivity index (χ4v) is 2.86. The maximum atomic E-state index is 11.1. The van der Waals surface area contributed by atoms with E-state index >= 15 is 0 Å². The van der Waals surface area contributed by atoms with Crippen LogP contribution in [0.1, 0.15) is 4.88 Å². The lowest BCUT2D eigenvalue weighted by atomic mass is 10.3. The van der Waals surface area contributed by atoms with Gasteiger partial charge in [-0.3, -0.25) is 14.9 Å². The molecule has 0 aromatic carbocycles. The molecule has 0 fully saturated rings. The second-order valence-corrected chi connectivity index (χ2v) is 5.34. The molecule has 5 nitrogen and oxygen atoms in total. The highest BCUT2D eigenvalue weighted by atomic mass is 127. The van der Waals surface area contributed by atoms with Crippen molar-refractivity contribution in [1.29, 1.82) is 0 Å². The summed E-state index contributed by atoms with van der Waals surface area (Å²) in [6.45, 7) is 0. The van der Waals surface area contributed by atoms with Crippen LogP contribution in [-0.4, -0.2) is 21.9 Å². The molecular formula is C8H8INO4S. The van der Waals surface area contributed by atoms with E-state index in [0.29, 0.717) is 6.42 Å². The number of nitrogens with zero attached hydrogens (tertiary/aromatic N) is 1. The van der Waals surface area contributed by atoms with Crippen LogP contribution < -0.4 is 0 Å². The van der Waals surface area contributed by atoms with Gasteiger partial charge in [-0.15, -0.1) is 0 Å². The Hall–Kier alpha value is -0.700. The van der Waals surface area contributed by atoms with Gasteiger partial charge in [0.05, 0.1) is 12.0 Å². The predicted octanol–water partition coefficient (Wildman–Crippen LogP) is 2.18. The Labute approximate surface area is 104 Å². The molecule has 0 aliphatic rings. The average molecular weight is 341 g/mol. The normalized spacial score (nSPS) is 12.1. The van der Waals surface area contributed by atoms with E-state index in [0.717, 1.165) is 16.2 Å². The van der Waals surface area contributed by atoms with Gasteiger partial charge in [-0.2, -0.15) is 0 Å². The van der Waals surface area contributed by atoms with Crippen molar-refractivity contribution in [2.75, 3.05) is 7.11 Å². The van der Waals surface area contributed by atoms with Crippen molar-refractivity contribution < 1.29 is 14.5 Å². The zero-order valence-corrected chi connectivity index (χ0v) is 10.8. The lowest BCUT2D eigenvalue weighted by Crippen LogP contribution is -2.17. The van der Waals surface area contributed by atoms with Crippen LogP contribution in [0.4, 0.5) is 5.00 Å². The first-order chi connectivity index (χ1) is 7.04. The van der Waals surface area contributed by atoms with Gasteiger partial charge >= 0.3 is 11.0 Å². The van der Waals surface area contributed by atoms with Crippen molar-refractivity contribution in [1.82, 2.24) is 0 Å². The molecule has 15 heavy (non-hydrogen) atoms. The summed E-state index contributed by atoms with van der Waals surface area (Å²) in [4.78, 5) is 21.9. The third-order valence-corrected chi connectivity index (χ3v) is 3.67. The number of carbonyl (C=O) groups is 1. The zero-order chi connectivity index (χ0) is 11.4. The van der Waals surface area contributed by atoms with Crippen LogP contribution in [0.15, 0.2) is 12.1 Å². The number of hydrogen-bond donors (Lipinski definition) is 0. The summed E-state index contributed by atoms with van der Waals surface area (Å²) in [5, 5.41) is 10.5. The van der Waals surface area contributed by atoms with Crippen LogP contribution in [-0.2, 0) is 16.0 Å². The molecule has 7 heteroatoms. The van der Waals surface area contributed by atoms with Crippen LogP contribution >= 0.6 is 33.9 Å². The topological polar surface area (TPSA) is 69.4 Å². The first kappa shape index (κ1) is 12.4. The molecule has 0 aliphatic heterocycles. The molecule has 0 N–H and O–H groups in total. The van der Waals surface area contributed by atoms with E-state index in [-0.39, 0.29) is 14.9 Å². The summed E-state index contributed by atoms with van der Waals surface area (Å²) in [6, 6.07) is 3.11. The zero-order valence-electron chi connectivity index (χ0n) is 7.81. The van der Waals surface area contributed by atoms with Gasteiger partial charge in [-0.25, -0.2) is 0 Å². The molecule has 0 saturated carbocycles. The number of halogens is 1. The molecule has 1 aromatic rings. The minimum absolute atomic E-state index is 0.0958. The molecule has 1 unspecified atom stereocenters. The average Bonchev–Trinajstić information content (AvgIpc) is 2.65. The first-order valence-electron chi connectivity index (χ1n) is 3.99. The molecule has 0 spiro atoms. The monoisotopic (exact) mass is 341 g/mol. The molecule has 1 atom stereocenters. The largest absolute Gasteiger partial charge is 0.468 e. The van der Waals surface area contributed by atoms with Gasteiger partial charge in [-0.05, 0) is 6.07 Å². The number of ether oxygens (including phenoxy) is 1. The van der Waals surface area contributed by atoms with E-state index in [1.807, 2.05) is 22.6 Å². The van der Waals surface area contributed by atoms with E-state index in [4.69, 9.17) is 0 Å². The van der Waals surface area contributed by atoms with Crippen LogP contribution in [0.5, 0.6) is 0 Å². The summed E-state index contributed by atoms with van der Waals surface area (Å²) >= 11 is 3.05. The number of carbonyl (C=O) groups excluding carboxylic acids is 1. The second kappa shape index (κ2) is 5.40. The van der Waals surface area contributed by atoms with Crippen LogP contribution in [0.25, 0.3) is 0 Å².